The van der Waals surface area contributed by atoms with E-state index in [2.05, 4.69) is 10.3 Å². The molecule has 8 heteroatoms. The third-order valence-corrected chi connectivity index (χ3v) is 4.85. The highest BCUT2D eigenvalue weighted by Crippen LogP contribution is 2.25. The summed E-state index contributed by atoms with van der Waals surface area (Å²) in [5.41, 5.74) is 2.74. The number of benzene rings is 2. The smallest absolute Gasteiger partial charge is 0.287 e. The molecule has 30 heavy (non-hydrogen) atoms. The van der Waals surface area contributed by atoms with Crippen molar-refractivity contribution in [3.8, 4) is 17.1 Å². The Labute approximate surface area is 171 Å². The van der Waals surface area contributed by atoms with E-state index in [4.69, 9.17) is 9.15 Å². The first-order chi connectivity index (χ1) is 14.5. The molecular weight excluding hydrogens is 386 g/mol. The maximum Gasteiger partial charge on any atom is 0.287 e. The molecule has 2 heterocycles. The number of rotatable bonds is 7. The van der Waals surface area contributed by atoms with Crippen LogP contribution in [-0.2, 0) is 6.42 Å². The molecule has 2 aromatic carbocycles. The van der Waals surface area contributed by atoms with Crippen molar-refractivity contribution >= 4 is 22.5 Å². The number of methoxy groups -OCH3 is 1. The monoisotopic (exact) mass is 405 g/mol. The van der Waals surface area contributed by atoms with E-state index < -0.39 is 4.92 Å². The van der Waals surface area contributed by atoms with Crippen LogP contribution in [0.15, 0.2) is 65.2 Å². The summed E-state index contributed by atoms with van der Waals surface area (Å²) in [6, 6.07) is 15.1. The SMILES string of the molecule is COc1ccc2c(CCNC(=O)c3ccc(-c4ccc([N+](=O)[O-])cc4)o3)c[nH]c2c1. The number of aromatic nitrogens is 1. The van der Waals surface area contributed by atoms with Gasteiger partial charge in [-0.05, 0) is 48.4 Å². The van der Waals surface area contributed by atoms with Gasteiger partial charge >= 0.3 is 0 Å². The Morgan fingerprint density at radius 3 is 2.70 bits per heavy atom. The lowest BCUT2D eigenvalue weighted by atomic mass is 10.1. The van der Waals surface area contributed by atoms with Crippen molar-refractivity contribution in [1.82, 2.24) is 10.3 Å². The summed E-state index contributed by atoms with van der Waals surface area (Å²) in [5, 5.41) is 14.7. The van der Waals surface area contributed by atoms with Gasteiger partial charge in [-0.3, -0.25) is 14.9 Å². The molecule has 152 valence electrons. The highest BCUT2D eigenvalue weighted by atomic mass is 16.6. The Balaban J connectivity index is 1.37. The minimum absolute atomic E-state index is 0.000928. The second kappa shape index (κ2) is 8.12. The number of hydrogen-bond donors (Lipinski definition) is 2. The van der Waals surface area contributed by atoms with Crippen LogP contribution in [0.25, 0.3) is 22.2 Å². The lowest BCUT2D eigenvalue weighted by Gasteiger charge is -2.04. The molecule has 0 atom stereocenters. The Kier molecular flexibility index (Phi) is 5.21. The largest absolute Gasteiger partial charge is 0.497 e. The Morgan fingerprint density at radius 1 is 1.17 bits per heavy atom. The minimum Gasteiger partial charge on any atom is -0.497 e. The van der Waals surface area contributed by atoms with E-state index in [9.17, 15) is 14.9 Å². The summed E-state index contributed by atoms with van der Waals surface area (Å²) < 4.78 is 10.8. The number of carbonyl (C=O) groups excluding carboxylic acids is 1. The number of nitrogens with zero attached hydrogens (tertiary/aromatic N) is 1. The highest BCUT2D eigenvalue weighted by Gasteiger charge is 2.13. The molecule has 0 spiro atoms. The summed E-state index contributed by atoms with van der Waals surface area (Å²) in [4.78, 5) is 25.9. The first-order valence-electron chi connectivity index (χ1n) is 9.32. The zero-order chi connectivity index (χ0) is 21.1. The number of aromatic amines is 1. The summed E-state index contributed by atoms with van der Waals surface area (Å²) in [6.45, 7) is 0.450. The van der Waals surface area contributed by atoms with Crippen LogP contribution in [0.5, 0.6) is 5.75 Å². The number of nitro benzene ring substituents is 1. The van der Waals surface area contributed by atoms with Gasteiger partial charge in [0.25, 0.3) is 11.6 Å². The van der Waals surface area contributed by atoms with Crippen molar-refractivity contribution in [1.29, 1.82) is 0 Å². The third kappa shape index (κ3) is 3.88. The number of non-ortho nitro benzene ring substituents is 1. The first kappa shape index (κ1) is 19.3. The molecule has 8 nitrogen and oxygen atoms in total. The number of hydrogen-bond acceptors (Lipinski definition) is 5. The molecule has 0 bridgehead atoms. The quantitative estimate of drug-likeness (QED) is 0.351. The van der Waals surface area contributed by atoms with Crippen molar-refractivity contribution < 1.29 is 18.9 Å². The summed E-state index contributed by atoms with van der Waals surface area (Å²) in [7, 11) is 1.63. The number of fused-ring (bicyclic) bond motifs is 1. The lowest BCUT2D eigenvalue weighted by Crippen LogP contribution is -2.25. The molecule has 0 saturated carbocycles. The van der Waals surface area contributed by atoms with E-state index in [1.165, 1.54) is 12.1 Å². The minimum atomic E-state index is -0.463. The van der Waals surface area contributed by atoms with Gasteiger partial charge in [-0.2, -0.15) is 0 Å². The highest BCUT2D eigenvalue weighted by molar-refractivity contribution is 5.92. The molecule has 2 N–H and O–H groups in total. The maximum atomic E-state index is 12.4. The number of ether oxygens (including phenoxy) is 1. The third-order valence-electron chi connectivity index (χ3n) is 4.85. The molecule has 1 amide bonds. The molecule has 0 radical (unpaired) electrons. The van der Waals surface area contributed by atoms with E-state index in [-0.39, 0.29) is 17.4 Å². The van der Waals surface area contributed by atoms with Gasteiger partial charge in [0.2, 0.25) is 0 Å². The normalized spacial score (nSPS) is 10.8. The van der Waals surface area contributed by atoms with E-state index in [0.29, 0.717) is 24.3 Å². The number of carbonyl (C=O) groups is 1. The first-order valence-corrected chi connectivity index (χ1v) is 9.32. The van der Waals surface area contributed by atoms with Gasteiger partial charge in [-0.15, -0.1) is 0 Å². The van der Waals surface area contributed by atoms with E-state index in [0.717, 1.165) is 22.2 Å². The van der Waals surface area contributed by atoms with Crippen LogP contribution in [-0.4, -0.2) is 29.5 Å². The average Bonchev–Trinajstić information content (AvgIpc) is 3.41. The van der Waals surface area contributed by atoms with Gasteiger partial charge in [0.15, 0.2) is 5.76 Å². The number of nitrogens with one attached hydrogen (secondary N) is 2. The van der Waals surface area contributed by atoms with Crippen LogP contribution in [0.2, 0.25) is 0 Å². The van der Waals surface area contributed by atoms with Gasteiger partial charge in [0, 0.05) is 47.4 Å². The Morgan fingerprint density at radius 2 is 1.97 bits per heavy atom. The van der Waals surface area contributed by atoms with Crippen molar-refractivity contribution in [3.05, 3.63) is 82.2 Å². The van der Waals surface area contributed by atoms with Crippen molar-refractivity contribution in [3.63, 3.8) is 0 Å². The average molecular weight is 405 g/mol. The second-order valence-corrected chi connectivity index (χ2v) is 6.70. The number of H-pyrrole nitrogens is 1. The topological polar surface area (TPSA) is 110 Å². The summed E-state index contributed by atoms with van der Waals surface area (Å²) in [5.74, 6) is 1.13. The van der Waals surface area contributed by atoms with Gasteiger partial charge in [0.1, 0.15) is 11.5 Å². The molecule has 0 aliphatic carbocycles. The van der Waals surface area contributed by atoms with Crippen molar-refractivity contribution in [2.24, 2.45) is 0 Å². The predicted octanol–water partition coefficient (Wildman–Crippen LogP) is 4.32. The molecule has 4 aromatic rings. The fourth-order valence-electron chi connectivity index (χ4n) is 3.26. The maximum absolute atomic E-state index is 12.4. The lowest BCUT2D eigenvalue weighted by molar-refractivity contribution is -0.384. The molecule has 2 aromatic heterocycles. The molecule has 0 aliphatic rings. The zero-order valence-corrected chi connectivity index (χ0v) is 16.2. The van der Waals surface area contributed by atoms with Crippen LogP contribution in [0.1, 0.15) is 16.1 Å². The predicted molar refractivity (Wildman–Crippen MR) is 112 cm³/mol. The number of nitro groups is 1. The van der Waals surface area contributed by atoms with Crippen LogP contribution >= 0.6 is 0 Å². The van der Waals surface area contributed by atoms with Crippen LogP contribution in [0.4, 0.5) is 5.69 Å². The molecule has 0 aliphatic heterocycles. The van der Waals surface area contributed by atoms with Gasteiger partial charge in [-0.25, -0.2) is 0 Å². The van der Waals surface area contributed by atoms with Crippen molar-refractivity contribution in [2.45, 2.75) is 6.42 Å². The van der Waals surface area contributed by atoms with E-state index in [1.54, 1.807) is 31.4 Å². The molecule has 0 unspecified atom stereocenters. The van der Waals surface area contributed by atoms with Crippen LogP contribution in [0, 0.1) is 10.1 Å². The molecule has 4 rings (SSSR count). The van der Waals surface area contributed by atoms with Crippen molar-refractivity contribution in [2.75, 3.05) is 13.7 Å². The number of amides is 1. The zero-order valence-electron chi connectivity index (χ0n) is 16.2. The fraction of sp³-hybridized carbons (Fsp3) is 0.136. The molecular formula is C22H19N3O5. The van der Waals surface area contributed by atoms with Gasteiger partial charge in [0.05, 0.1) is 12.0 Å². The second-order valence-electron chi connectivity index (χ2n) is 6.70. The van der Waals surface area contributed by atoms with E-state index >= 15 is 0 Å². The number of furan rings is 1. The standard InChI is InChI=1S/C22H19N3O5/c1-29-17-6-7-18-15(13-24-19(18)12-17)10-11-23-22(26)21-9-8-20(30-21)14-2-4-16(5-3-14)25(27)28/h2-9,12-13,24H,10-11H2,1H3,(H,23,26). The van der Waals surface area contributed by atoms with Crippen LogP contribution < -0.4 is 10.1 Å². The molecule has 0 saturated heterocycles. The molecule has 0 fully saturated rings. The van der Waals surface area contributed by atoms with E-state index in [1.807, 2.05) is 24.4 Å². The summed E-state index contributed by atoms with van der Waals surface area (Å²) in [6.07, 6.45) is 2.59. The van der Waals surface area contributed by atoms with Crippen LogP contribution in [0.3, 0.4) is 0 Å². The Bertz CT molecular complexity index is 1210. The fourth-order valence-corrected chi connectivity index (χ4v) is 3.26. The van der Waals surface area contributed by atoms with Gasteiger partial charge < -0.3 is 19.5 Å². The Hall–Kier alpha value is -4.07. The van der Waals surface area contributed by atoms with Gasteiger partial charge in [-0.1, -0.05) is 0 Å². The summed E-state index contributed by atoms with van der Waals surface area (Å²) >= 11 is 0.